The second-order valence-electron chi connectivity index (χ2n) is 8.69. The summed E-state index contributed by atoms with van der Waals surface area (Å²) >= 11 is -1.34. The van der Waals surface area contributed by atoms with Gasteiger partial charge in [0.25, 0.3) is 5.56 Å². The highest BCUT2D eigenvalue weighted by Crippen LogP contribution is 2.30. The van der Waals surface area contributed by atoms with Gasteiger partial charge in [-0.2, -0.15) is 0 Å². The number of aromatic nitrogens is 2. The first-order valence-electron chi connectivity index (χ1n) is 9.93. The van der Waals surface area contributed by atoms with Gasteiger partial charge in [-0.3, -0.25) is 9.36 Å². The number of halogens is 1. The molecule has 1 unspecified atom stereocenters. The molecule has 0 bridgehead atoms. The van der Waals surface area contributed by atoms with Gasteiger partial charge in [0.2, 0.25) is 5.95 Å². The molecule has 29 heavy (non-hydrogen) atoms. The standard InChI is InChI=1S/C20H27FN4O3S/c1-12(23-29(27)20(2,3)4)15-9-13(21)10-16-17(15)22-19-24-7-8-28-11-14(24)5-6-25(19)18(16)26/h9-10,12,14,23H,5-8,11H2,1-4H3/t12-,14+,29?/m1/s1. The summed E-state index contributed by atoms with van der Waals surface area (Å²) < 4.78 is 36.7. The van der Waals surface area contributed by atoms with Crippen molar-refractivity contribution in [2.24, 2.45) is 0 Å². The molecule has 2 aliphatic rings. The van der Waals surface area contributed by atoms with E-state index in [2.05, 4.69) is 9.62 Å². The highest BCUT2D eigenvalue weighted by molar-refractivity contribution is 7.90. The van der Waals surface area contributed by atoms with Crippen molar-refractivity contribution < 1.29 is 13.7 Å². The highest BCUT2D eigenvalue weighted by Gasteiger charge is 2.33. The Labute approximate surface area is 172 Å². The molecule has 2 aliphatic heterocycles. The third-order valence-electron chi connectivity index (χ3n) is 5.51. The Kier molecular flexibility index (Phi) is 5.35. The van der Waals surface area contributed by atoms with Gasteiger partial charge in [0.1, 0.15) is 10.6 Å². The molecule has 1 aromatic carbocycles. The molecule has 1 N–H and O–H groups in total. The first-order valence-corrected chi connectivity index (χ1v) is 11.1. The molecule has 158 valence electrons. The third-order valence-corrected chi connectivity index (χ3v) is 7.19. The van der Waals surface area contributed by atoms with Crippen molar-refractivity contribution in [2.45, 2.75) is 57.5 Å². The second kappa shape index (κ2) is 7.54. The maximum absolute atomic E-state index is 14.4. The predicted molar refractivity (Wildman–Crippen MR) is 112 cm³/mol. The third kappa shape index (κ3) is 3.76. The molecule has 0 radical (unpaired) electrons. The molecule has 4 rings (SSSR count). The van der Waals surface area contributed by atoms with E-state index in [0.29, 0.717) is 43.3 Å². The number of rotatable bonds is 3. The van der Waals surface area contributed by atoms with E-state index in [1.807, 2.05) is 27.7 Å². The fourth-order valence-corrected chi connectivity index (χ4v) is 4.69. The van der Waals surface area contributed by atoms with Gasteiger partial charge in [-0.25, -0.2) is 9.37 Å². The molecule has 1 saturated heterocycles. The Bertz CT molecular complexity index is 990. The molecule has 0 aliphatic carbocycles. The summed E-state index contributed by atoms with van der Waals surface area (Å²) in [6.07, 6.45) is 0.796. The molecular weight excluding hydrogens is 395 g/mol. The number of anilines is 1. The van der Waals surface area contributed by atoms with Crippen molar-refractivity contribution in [3.05, 3.63) is 33.9 Å². The predicted octanol–water partition coefficient (Wildman–Crippen LogP) is 2.26. The van der Waals surface area contributed by atoms with Gasteiger partial charge in [-0.05, 0) is 46.2 Å². The molecule has 1 fully saturated rings. The van der Waals surface area contributed by atoms with Crippen LogP contribution in [0.5, 0.6) is 0 Å². The number of morpholine rings is 1. The van der Waals surface area contributed by atoms with Crippen LogP contribution in [0.1, 0.15) is 45.7 Å². The van der Waals surface area contributed by atoms with Crippen molar-refractivity contribution >= 4 is 28.2 Å². The summed E-state index contributed by atoms with van der Waals surface area (Å²) in [5.41, 5.74) is 0.758. The minimum atomic E-state index is -1.34. The van der Waals surface area contributed by atoms with Crippen LogP contribution in [0.2, 0.25) is 0 Å². The van der Waals surface area contributed by atoms with E-state index in [9.17, 15) is 13.7 Å². The van der Waals surface area contributed by atoms with Crippen LogP contribution >= 0.6 is 0 Å². The maximum Gasteiger partial charge on any atom is 0.262 e. The van der Waals surface area contributed by atoms with E-state index in [1.54, 1.807) is 4.57 Å². The number of hydrogen-bond acceptors (Lipinski definition) is 6. The van der Waals surface area contributed by atoms with Crippen molar-refractivity contribution in [2.75, 3.05) is 24.7 Å². The number of benzene rings is 1. The lowest BCUT2D eigenvalue weighted by Crippen LogP contribution is -2.52. The summed E-state index contributed by atoms with van der Waals surface area (Å²) in [4.78, 5) is 20.1. The molecule has 0 amide bonds. The van der Waals surface area contributed by atoms with Gasteiger partial charge in [0, 0.05) is 30.0 Å². The van der Waals surface area contributed by atoms with Crippen LogP contribution in [-0.2, 0) is 22.6 Å². The molecule has 7 nitrogen and oxygen atoms in total. The van der Waals surface area contributed by atoms with E-state index in [4.69, 9.17) is 9.72 Å². The lowest BCUT2D eigenvalue weighted by Gasteiger charge is -2.41. The molecular formula is C20H27FN4O3S. The van der Waals surface area contributed by atoms with E-state index in [-0.39, 0.29) is 17.0 Å². The quantitative estimate of drug-likeness (QED) is 0.764. The summed E-state index contributed by atoms with van der Waals surface area (Å²) in [6.45, 7) is 9.82. The number of nitrogens with one attached hydrogen (secondary N) is 1. The minimum absolute atomic E-state index is 0.195. The van der Waals surface area contributed by atoms with Crippen LogP contribution in [0.4, 0.5) is 10.3 Å². The Balaban J connectivity index is 1.84. The lowest BCUT2D eigenvalue weighted by molar-refractivity contribution is 0.0844. The molecule has 0 spiro atoms. The van der Waals surface area contributed by atoms with Gasteiger partial charge in [-0.15, -0.1) is 4.72 Å². The zero-order valence-corrected chi connectivity index (χ0v) is 18.0. The summed E-state index contributed by atoms with van der Waals surface area (Å²) in [7, 11) is 0. The van der Waals surface area contributed by atoms with Gasteiger partial charge in [0.15, 0.2) is 0 Å². The number of hydrogen-bond donors (Lipinski definition) is 1. The van der Waals surface area contributed by atoms with Gasteiger partial charge < -0.3 is 14.2 Å². The smallest absolute Gasteiger partial charge is 0.262 e. The lowest BCUT2D eigenvalue weighted by atomic mass is 10.0. The van der Waals surface area contributed by atoms with Crippen LogP contribution in [0.3, 0.4) is 0 Å². The SMILES string of the molecule is C[C@@H](N[S+]([O-])C(C)(C)C)c1cc(F)cc2c(=O)n3c(nc12)N1CCOC[C@@H]1CC3. The van der Waals surface area contributed by atoms with E-state index in [1.165, 1.54) is 12.1 Å². The monoisotopic (exact) mass is 422 g/mol. The van der Waals surface area contributed by atoms with Crippen LogP contribution in [0.25, 0.3) is 10.9 Å². The summed E-state index contributed by atoms with van der Waals surface area (Å²) in [6, 6.07) is 2.39. The number of ether oxygens (including phenoxy) is 1. The largest absolute Gasteiger partial charge is 0.598 e. The Morgan fingerprint density at radius 1 is 1.38 bits per heavy atom. The van der Waals surface area contributed by atoms with Crippen molar-refractivity contribution in [3.8, 4) is 0 Å². The van der Waals surface area contributed by atoms with Gasteiger partial charge in [0.05, 0.1) is 36.2 Å². The topological polar surface area (TPSA) is 82.4 Å². The zero-order chi connectivity index (χ0) is 20.9. The minimum Gasteiger partial charge on any atom is -0.598 e. The molecule has 9 heteroatoms. The average Bonchev–Trinajstić information content (AvgIpc) is 2.67. The fraction of sp³-hybridized carbons (Fsp3) is 0.600. The first-order chi connectivity index (χ1) is 13.7. The average molecular weight is 423 g/mol. The normalized spacial score (nSPS) is 21.6. The summed E-state index contributed by atoms with van der Waals surface area (Å²) in [5, 5.41) is 0.255. The second-order valence-corrected chi connectivity index (χ2v) is 10.7. The summed E-state index contributed by atoms with van der Waals surface area (Å²) in [5.74, 6) is 0.112. The van der Waals surface area contributed by atoms with Crippen LogP contribution in [0, 0.1) is 5.82 Å². The van der Waals surface area contributed by atoms with Crippen LogP contribution in [-0.4, -0.2) is 44.7 Å². The highest BCUT2D eigenvalue weighted by atomic mass is 32.2. The van der Waals surface area contributed by atoms with Crippen LogP contribution in [0.15, 0.2) is 16.9 Å². The van der Waals surface area contributed by atoms with E-state index >= 15 is 0 Å². The Morgan fingerprint density at radius 3 is 2.86 bits per heavy atom. The van der Waals surface area contributed by atoms with Gasteiger partial charge >= 0.3 is 0 Å². The molecule has 3 heterocycles. The van der Waals surface area contributed by atoms with Crippen molar-refractivity contribution in [1.82, 2.24) is 14.3 Å². The van der Waals surface area contributed by atoms with Crippen LogP contribution < -0.4 is 15.2 Å². The molecule has 3 atom stereocenters. The Morgan fingerprint density at radius 2 is 2.14 bits per heavy atom. The zero-order valence-electron chi connectivity index (χ0n) is 17.2. The fourth-order valence-electron chi connectivity index (χ4n) is 3.89. The van der Waals surface area contributed by atoms with E-state index in [0.717, 1.165) is 6.42 Å². The number of nitrogens with zero attached hydrogens (tertiary/aromatic N) is 3. The maximum atomic E-state index is 14.4. The van der Waals surface area contributed by atoms with E-state index < -0.39 is 28.0 Å². The van der Waals surface area contributed by atoms with Crippen molar-refractivity contribution in [1.29, 1.82) is 0 Å². The van der Waals surface area contributed by atoms with Crippen molar-refractivity contribution in [3.63, 3.8) is 0 Å². The van der Waals surface area contributed by atoms with Gasteiger partial charge in [-0.1, -0.05) is 0 Å². The molecule has 0 saturated carbocycles. The molecule has 2 aromatic rings. The number of fused-ring (bicyclic) bond motifs is 4. The first kappa shape index (κ1) is 20.6. The Hall–Kier alpha value is -1.68. The molecule has 1 aromatic heterocycles.